The zero-order chi connectivity index (χ0) is 11.2. The van der Waals surface area contributed by atoms with E-state index in [9.17, 15) is 4.79 Å². The maximum Gasteiger partial charge on any atom is 0.243 e. The summed E-state index contributed by atoms with van der Waals surface area (Å²) >= 11 is 0. The lowest BCUT2D eigenvalue weighted by Crippen LogP contribution is -2.33. The van der Waals surface area contributed by atoms with Crippen LogP contribution in [0.15, 0.2) is 12.7 Å². The van der Waals surface area contributed by atoms with Crippen LogP contribution < -0.4 is 5.32 Å². The van der Waals surface area contributed by atoms with Gasteiger partial charge in [0, 0.05) is 12.6 Å². The molecule has 0 aliphatic heterocycles. The van der Waals surface area contributed by atoms with Crippen molar-refractivity contribution in [2.75, 3.05) is 6.61 Å². The molecule has 0 heterocycles. The molecule has 82 valence electrons. The summed E-state index contributed by atoms with van der Waals surface area (Å²) in [4.78, 5) is 10.9. The van der Waals surface area contributed by atoms with Gasteiger partial charge in [-0.2, -0.15) is 0 Å². The number of hydrogen-bond donors (Lipinski definition) is 1. The molecule has 3 heteroatoms. The Hall–Kier alpha value is -0.830. The van der Waals surface area contributed by atoms with Gasteiger partial charge in [0.2, 0.25) is 5.91 Å². The van der Waals surface area contributed by atoms with E-state index in [1.54, 1.807) is 0 Å². The van der Waals surface area contributed by atoms with Gasteiger partial charge in [-0.1, -0.05) is 6.58 Å². The molecule has 0 saturated heterocycles. The molecule has 0 fully saturated rings. The van der Waals surface area contributed by atoms with E-state index >= 15 is 0 Å². The fourth-order valence-corrected chi connectivity index (χ4v) is 0.916. The second kappa shape index (κ2) is 5.81. The zero-order valence-electron chi connectivity index (χ0n) is 9.59. The van der Waals surface area contributed by atoms with Crippen LogP contribution >= 0.6 is 0 Å². The van der Waals surface area contributed by atoms with Crippen LogP contribution in [0.2, 0.25) is 0 Å². The third kappa shape index (κ3) is 7.80. The van der Waals surface area contributed by atoms with Gasteiger partial charge in [-0.05, 0) is 40.2 Å². The average molecular weight is 199 g/mol. The Morgan fingerprint density at radius 3 is 2.57 bits per heavy atom. The Kier molecular flexibility index (Phi) is 5.46. The van der Waals surface area contributed by atoms with Gasteiger partial charge >= 0.3 is 0 Å². The molecular weight excluding hydrogens is 178 g/mol. The predicted octanol–water partition coefficient (Wildman–Crippen LogP) is 1.88. The second-order valence-corrected chi connectivity index (χ2v) is 4.36. The lowest BCUT2D eigenvalue weighted by Gasteiger charge is -2.21. The topological polar surface area (TPSA) is 38.3 Å². The molecule has 3 nitrogen and oxygen atoms in total. The Labute approximate surface area is 86.5 Å². The molecule has 0 aromatic rings. The number of carbonyl (C=O) groups excluding carboxylic acids is 1. The van der Waals surface area contributed by atoms with Crippen LogP contribution in [-0.4, -0.2) is 24.2 Å². The Balaban J connectivity index is 3.59. The highest BCUT2D eigenvalue weighted by atomic mass is 16.5. The molecule has 1 N–H and O–H groups in total. The van der Waals surface area contributed by atoms with Crippen molar-refractivity contribution >= 4 is 5.91 Å². The summed E-state index contributed by atoms with van der Waals surface area (Å²) in [5.41, 5.74) is -0.109. The van der Waals surface area contributed by atoms with Crippen molar-refractivity contribution < 1.29 is 9.53 Å². The van der Waals surface area contributed by atoms with Crippen molar-refractivity contribution in [3.8, 4) is 0 Å². The Bertz CT molecular complexity index is 194. The summed E-state index contributed by atoms with van der Waals surface area (Å²) in [6.07, 6.45) is 2.10. The first-order valence-corrected chi connectivity index (χ1v) is 4.92. The normalized spacial score (nSPS) is 13.4. The minimum Gasteiger partial charge on any atom is -0.376 e. The monoisotopic (exact) mass is 199 g/mol. The summed E-state index contributed by atoms with van der Waals surface area (Å²) in [7, 11) is 0. The van der Waals surface area contributed by atoms with Gasteiger partial charge in [0.1, 0.15) is 0 Å². The quantitative estimate of drug-likeness (QED) is 0.687. The van der Waals surface area contributed by atoms with E-state index in [0.29, 0.717) is 6.61 Å². The zero-order valence-corrected chi connectivity index (χ0v) is 9.59. The van der Waals surface area contributed by atoms with E-state index in [-0.39, 0.29) is 17.6 Å². The van der Waals surface area contributed by atoms with Crippen molar-refractivity contribution in [1.29, 1.82) is 0 Å². The molecule has 0 saturated carbocycles. The van der Waals surface area contributed by atoms with E-state index in [1.807, 2.05) is 27.7 Å². The van der Waals surface area contributed by atoms with Crippen LogP contribution in [0.25, 0.3) is 0 Å². The molecule has 0 aliphatic rings. The molecule has 0 spiro atoms. The van der Waals surface area contributed by atoms with E-state index < -0.39 is 0 Å². The van der Waals surface area contributed by atoms with Gasteiger partial charge in [-0.3, -0.25) is 4.79 Å². The number of hydrogen-bond acceptors (Lipinski definition) is 2. The minimum absolute atomic E-state index is 0.109. The fraction of sp³-hybridized carbons (Fsp3) is 0.727. The first-order valence-electron chi connectivity index (χ1n) is 4.92. The van der Waals surface area contributed by atoms with Gasteiger partial charge in [-0.25, -0.2) is 0 Å². The molecule has 1 atom stereocenters. The fourth-order valence-electron chi connectivity index (χ4n) is 0.916. The number of ether oxygens (including phenoxy) is 1. The lowest BCUT2D eigenvalue weighted by molar-refractivity contribution is -0.117. The van der Waals surface area contributed by atoms with Crippen LogP contribution in [0.1, 0.15) is 34.1 Å². The van der Waals surface area contributed by atoms with Crippen LogP contribution in [0.3, 0.4) is 0 Å². The molecule has 1 unspecified atom stereocenters. The smallest absolute Gasteiger partial charge is 0.243 e. The van der Waals surface area contributed by atoms with Crippen molar-refractivity contribution in [2.45, 2.75) is 45.8 Å². The molecule has 0 aromatic carbocycles. The number of carbonyl (C=O) groups is 1. The highest BCUT2D eigenvalue weighted by Gasteiger charge is 2.11. The van der Waals surface area contributed by atoms with Gasteiger partial charge in [0.05, 0.1) is 5.60 Å². The van der Waals surface area contributed by atoms with Crippen molar-refractivity contribution in [1.82, 2.24) is 5.32 Å². The van der Waals surface area contributed by atoms with Gasteiger partial charge in [0.15, 0.2) is 0 Å². The number of nitrogens with one attached hydrogen (secondary N) is 1. The van der Waals surface area contributed by atoms with Gasteiger partial charge in [0.25, 0.3) is 0 Å². The Morgan fingerprint density at radius 2 is 2.14 bits per heavy atom. The van der Waals surface area contributed by atoms with Crippen LogP contribution in [0.5, 0.6) is 0 Å². The Morgan fingerprint density at radius 1 is 1.57 bits per heavy atom. The van der Waals surface area contributed by atoms with Gasteiger partial charge < -0.3 is 10.1 Å². The SMILES string of the molecule is C=CC(=O)NC(C)CCOC(C)(C)C. The highest BCUT2D eigenvalue weighted by Crippen LogP contribution is 2.07. The van der Waals surface area contributed by atoms with E-state index in [0.717, 1.165) is 6.42 Å². The van der Waals surface area contributed by atoms with E-state index in [4.69, 9.17) is 4.74 Å². The second-order valence-electron chi connectivity index (χ2n) is 4.36. The molecule has 0 aliphatic carbocycles. The maximum atomic E-state index is 10.9. The van der Waals surface area contributed by atoms with E-state index in [2.05, 4.69) is 11.9 Å². The summed E-state index contributed by atoms with van der Waals surface area (Å²) in [5.74, 6) is -0.131. The summed E-state index contributed by atoms with van der Waals surface area (Å²) in [5, 5.41) is 2.78. The third-order valence-corrected chi connectivity index (χ3v) is 1.66. The number of rotatable bonds is 5. The summed E-state index contributed by atoms with van der Waals surface area (Å²) in [6, 6.07) is 0.128. The largest absolute Gasteiger partial charge is 0.376 e. The van der Waals surface area contributed by atoms with Crippen LogP contribution in [0.4, 0.5) is 0 Å². The van der Waals surface area contributed by atoms with Crippen molar-refractivity contribution in [3.63, 3.8) is 0 Å². The van der Waals surface area contributed by atoms with Crippen LogP contribution in [0, 0.1) is 0 Å². The van der Waals surface area contributed by atoms with Crippen molar-refractivity contribution in [3.05, 3.63) is 12.7 Å². The molecule has 0 aromatic heterocycles. The minimum atomic E-state index is -0.131. The van der Waals surface area contributed by atoms with Crippen molar-refractivity contribution in [2.24, 2.45) is 0 Å². The van der Waals surface area contributed by atoms with E-state index in [1.165, 1.54) is 6.08 Å². The van der Waals surface area contributed by atoms with Gasteiger partial charge in [-0.15, -0.1) is 0 Å². The summed E-state index contributed by atoms with van der Waals surface area (Å²) < 4.78 is 5.54. The molecule has 0 bridgehead atoms. The molecule has 14 heavy (non-hydrogen) atoms. The first-order chi connectivity index (χ1) is 6.35. The molecule has 0 rings (SSSR count). The standard InChI is InChI=1S/C11H21NO2/c1-6-10(13)12-9(2)7-8-14-11(3,4)5/h6,9H,1,7-8H2,2-5H3,(H,12,13). The maximum absolute atomic E-state index is 10.9. The lowest BCUT2D eigenvalue weighted by atomic mass is 10.2. The summed E-state index contributed by atoms with van der Waals surface area (Å²) in [6.45, 7) is 12.0. The van der Waals surface area contributed by atoms with Crippen LogP contribution in [-0.2, 0) is 9.53 Å². The molecule has 0 radical (unpaired) electrons. The first kappa shape index (κ1) is 13.2. The number of amides is 1. The molecular formula is C11H21NO2. The highest BCUT2D eigenvalue weighted by molar-refractivity contribution is 5.87. The molecule has 1 amide bonds. The third-order valence-electron chi connectivity index (χ3n) is 1.66. The average Bonchev–Trinajstić information content (AvgIpc) is 2.01. The predicted molar refractivity (Wildman–Crippen MR) is 58.1 cm³/mol.